The minimum absolute atomic E-state index is 0.269. The summed E-state index contributed by atoms with van der Waals surface area (Å²) in [6, 6.07) is 11.2. The second kappa shape index (κ2) is 3.77. The van der Waals surface area contributed by atoms with Gasteiger partial charge in [0.25, 0.3) is 0 Å². The van der Waals surface area contributed by atoms with E-state index >= 15 is 0 Å². The molecule has 0 aliphatic carbocycles. The van der Waals surface area contributed by atoms with Crippen LogP contribution >= 0.6 is 0 Å². The zero-order valence-electron chi connectivity index (χ0n) is 9.73. The lowest BCUT2D eigenvalue weighted by Gasteiger charge is -1.89. The highest BCUT2D eigenvalue weighted by Crippen LogP contribution is 2.28. The van der Waals surface area contributed by atoms with Gasteiger partial charge in [0.1, 0.15) is 5.58 Å². The Morgan fingerprint density at radius 2 is 2.06 bits per heavy atom. The van der Waals surface area contributed by atoms with E-state index in [2.05, 4.69) is 4.98 Å². The molecule has 0 bridgehead atoms. The summed E-state index contributed by atoms with van der Waals surface area (Å²) in [6.07, 6.45) is 0. The summed E-state index contributed by atoms with van der Waals surface area (Å²) < 4.78 is 5.68. The average molecular weight is 241 g/mol. The molecule has 0 unspecified atom stereocenters. The number of aromatic nitrogens is 1. The van der Waals surface area contributed by atoms with E-state index in [9.17, 15) is 4.79 Å². The van der Waals surface area contributed by atoms with Gasteiger partial charge in [-0.15, -0.1) is 0 Å². The van der Waals surface area contributed by atoms with Crippen LogP contribution in [0.5, 0.6) is 0 Å². The summed E-state index contributed by atoms with van der Waals surface area (Å²) in [4.78, 5) is 14.0. The summed E-state index contributed by atoms with van der Waals surface area (Å²) >= 11 is 0. The summed E-state index contributed by atoms with van der Waals surface area (Å²) in [5.74, 6) is -0.294. The first-order valence-electron chi connectivity index (χ1n) is 5.57. The number of para-hydroxylation sites is 1. The van der Waals surface area contributed by atoms with Crippen molar-refractivity contribution in [1.82, 2.24) is 4.98 Å². The molecule has 0 radical (unpaired) electrons. The van der Waals surface area contributed by atoms with Gasteiger partial charge in [-0.2, -0.15) is 0 Å². The van der Waals surface area contributed by atoms with Gasteiger partial charge in [-0.3, -0.25) is 0 Å². The first kappa shape index (κ1) is 10.7. The molecule has 2 N–H and O–H groups in total. The van der Waals surface area contributed by atoms with E-state index in [-0.39, 0.29) is 5.56 Å². The molecule has 0 saturated carbocycles. The molecular weight excluding hydrogens is 230 g/mol. The minimum Gasteiger partial charge on any atom is -0.478 e. The lowest BCUT2D eigenvalue weighted by molar-refractivity contribution is 0.0696. The number of carboxylic acids is 1. The van der Waals surface area contributed by atoms with Crippen molar-refractivity contribution in [3.63, 3.8) is 0 Å². The molecule has 90 valence electrons. The fourth-order valence-electron chi connectivity index (χ4n) is 2.03. The summed E-state index contributed by atoms with van der Waals surface area (Å²) in [5.41, 5.74) is 2.36. The number of aromatic carboxylic acids is 1. The number of carbonyl (C=O) groups is 1. The van der Waals surface area contributed by atoms with Crippen molar-refractivity contribution < 1.29 is 14.3 Å². The van der Waals surface area contributed by atoms with Crippen molar-refractivity contribution in [3.8, 4) is 11.5 Å². The lowest BCUT2D eigenvalue weighted by atomic mass is 10.2. The van der Waals surface area contributed by atoms with Crippen molar-refractivity contribution in [2.75, 3.05) is 0 Å². The maximum atomic E-state index is 11.0. The van der Waals surface area contributed by atoms with Crippen LogP contribution in [-0.4, -0.2) is 16.1 Å². The third-order valence-electron chi connectivity index (χ3n) is 2.94. The van der Waals surface area contributed by atoms with E-state index in [1.807, 2.05) is 30.3 Å². The van der Waals surface area contributed by atoms with E-state index in [0.717, 1.165) is 11.0 Å². The molecule has 0 aliphatic rings. The van der Waals surface area contributed by atoms with E-state index < -0.39 is 5.97 Å². The highest BCUT2D eigenvalue weighted by Gasteiger charge is 2.14. The third kappa shape index (κ3) is 1.59. The number of furan rings is 1. The second-order valence-corrected chi connectivity index (χ2v) is 4.18. The van der Waals surface area contributed by atoms with Crippen LogP contribution in [0.4, 0.5) is 0 Å². The van der Waals surface area contributed by atoms with E-state index in [0.29, 0.717) is 17.1 Å². The highest BCUT2D eigenvalue weighted by atomic mass is 16.4. The number of fused-ring (bicyclic) bond motifs is 1. The van der Waals surface area contributed by atoms with Gasteiger partial charge in [0.15, 0.2) is 5.76 Å². The molecule has 2 aromatic heterocycles. The Morgan fingerprint density at radius 3 is 2.72 bits per heavy atom. The fraction of sp³-hybridized carbons (Fsp3) is 0.0714. The van der Waals surface area contributed by atoms with Gasteiger partial charge in [0.2, 0.25) is 0 Å². The van der Waals surface area contributed by atoms with Crippen LogP contribution in [0.25, 0.3) is 22.4 Å². The smallest absolute Gasteiger partial charge is 0.337 e. The summed E-state index contributed by atoms with van der Waals surface area (Å²) in [5, 5.41) is 10.0. The monoisotopic (exact) mass is 241 g/mol. The standard InChI is InChI=1S/C14H11NO3/c1-8-10(14(16)17)7-11(15-8)13-6-9-4-2-3-5-12(9)18-13/h2-7,15H,1H3,(H,16,17). The Balaban J connectivity index is 2.14. The molecule has 1 aromatic carbocycles. The summed E-state index contributed by atoms with van der Waals surface area (Å²) in [7, 11) is 0. The molecule has 4 nitrogen and oxygen atoms in total. The summed E-state index contributed by atoms with van der Waals surface area (Å²) in [6.45, 7) is 1.73. The van der Waals surface area contributed by atoms with Crippen LogP contribution in [0.15, 0.2) is 40.8 Å². The molecule has 0 fully saturated rings. The van der Waals surface area contributed by atoms with Gasteiger partial charge < -0.3 is 14.5 Å². The van der Waals surface area contributed by atoms with Gasteiger partial charge in [-0.1, -0.05) is 18.2 Å². The molecule has 3 rings (SSSR count). The number of rotatable bonds is 2. The van der Waals surface area contributed by atoms with Crippen molar-refractivity contribution in [2.24, 2.45) is 0 Å². The van der Waals surface area contributed by atoms with E-state index in [1.54, 1.807) is 13.0 Å². The number of benzene rings is 1. The number of hydrogen-bond donors (Lipinski definition) is 2. The Hall–Kier alpha value is -2.49. The minimum atomic E-state index is -0.939. The topological polar surface area (TPSA) is 66.2 Å². The number of carboxylic acid groups (broad SMARTS) is 1. The van der Waals surface area contributed by atoms with Crippen LogP contribution in [-0.2, 0) is 0 Å². The normalized spacial score (nSPS) is 10.9. The molecule has 0 atom stereocenters. The maximum Gasteiger partial charge on any atom is 0.337 e. The number of aryl methyl sites for hydroxylation is 1. The Kier molecular flexibility index (Phi) is 2.23. The predicted octanol–water partition coefficient (Wildman–Crippen LogP) is 3.43. The van der Waals surface area contributed by atoms with Gasteiger partial charge in [-0.25, -0.2) is 4.79 Å². The number of nitrogens with one attached hydrogen (secondary N) is 1. The van der Waals surface area contributed by atoms with Crippen LogP contribution in [0.3, 0.4) is 0 Å². The van der Waals surface area contributed by atoms with Gasteiger partial charge >= 0.3 is 5.97 Å². The van der Waals surface area contributed by atoms with Gasteiger partial charge in [0.05, 0.1) is 11.3 Å². The van der Waals surface area contributed by atoms with E-state index in [1.165, 1.54) is 0 Å². The molecule has 4 heteroatoms. The molecule has 18 heavy (non-hydrogen) atoms. The molecule has 3 aromatic rings. The largest absolute Gasteiger partial charge is 0.478 e. The zero-order valence-corrected chi connectivity index (χ0v) is 9.73. The Morgan fingerprint density at radius 1 is 1.28 bits per heavy atom. The van der Waals surface area contributed by atoms with Crippen molar-refractivity contribution in [2.45, 2.75) is 6.92 Å². The van der Waals surface area contributed by atoms with Crippen molar-refractivity contribution >= 4 is 16.9 Å². The lowest BCUT2D eigenvalue weighted by Crippen LogP contribution is -1.95. The molecule has 0 amide bonds. The molecule has 0 aliphatic heterocycles. The quantitative estimate of drug-likeness (QED) is 0.722. The SMILES string of the molecule is Cc1[nH]c(-c2cc3ccccc3o2)cc1C(=O)O. The predicted molar refractivity (Wildman–Crippen MR) is 67.7 cm³/mol. The molecule has 2 heterocycles. The van der Waals surface area contributed by atoms with Crippen LogP contribution in [0.1, 0.15) is 16.1 Å². The first-order valence-corrected chi connectivity index (χ1v) is 5.57. The van der Waals surface area contributed by atoms with Crippen molar-refractivity contribution in [1.29, 1.82) is 0 Å². The van der Waals surface area contributed by atoms with Gasteiger partial charge in [-0.05, 0) is 25.1 Å². The van der Waals surface area contributed by atoms with Gasteiger partial charge in [0, 0.05) is 11.1 Å². The Labute approximate surface area is 103 Å². The average Bonchev–Trinajstić information content (AvgIpc) is 2.91. The number of aromatic amines is 1. The molecule has 0 spiro atoms. The number of H-pyrrole nitrogens is 1. The van der Waals surface area contributed by atoms with Crippen LogP contribution in [0, 0.1) is 6.92 Å². The van der Waals surface area contributed by atoms with E-state index in [4.69, 9.17) is 9.52 Å². The van der Waals surface area contributed by atoms with Crippen LogP contribution in [0.2, 0.25) is 0 Å². The maximum absolute atomic E-state index is 11.0. The Bertz CT molecular complexity index is 703. The van der Waals surface area contributed by atoms with Crippen molar-refractivity contribution in [3.05, 3.63) is 47.7 Å². The molecular formula is C14H11NO3. The zero-order chi connectivity index (χ0) is 12.7. The highest BCUT2D eigenvalue weighted by molar-refractivity contribution is 5.91. The third-order valence-corrected chi connectivity index (χ3v) is 2.94. The molecule has 0 saturated heterocycles. The fourth-order valence-corrected chi connectivity index (χ4v) is 2.03. The number of hydrogen-bond acceptors (Lipinski definition) is 2. The second-order valence-electron chi connectivity index (χ2n) is 4.18. The van der Waals surface area contributed by atoms with Crippen LogP contribution < -0.4 is 0 Å². The first-order chi connectivity index (χ1) is 8.65.